The van der Waals surface area contributed by atoms with Gasteiger partial charge in [-0.1, -0.05) is 164 Å². The molecule has 0 aliphatic carbocycles. The summed E-state index contributed by atoms with van der Waals surface area (Å²) in [5, 5.41) is 4.90. The molecule has 54 heavy (non-hydrogen) atoms. The molecule has 0 amide bonds. The Bertz CT molecular complexity index is 2640. The van der Waals surface area contributed by atoms with Crippen LogP contribution in [-0.2, 0) is 0 Å². The number of benzene rings is 9. The van der Waals surface area contributed by atoms with Crippen LogP contribution in [0.3, 0.4) is 0 Å². The maximum Gasteiger partial charge on any atom is 0.0540 e. The molecule has 0 saturated heterocycles. The van der Waals surface area contributed by atoms with Gasteiger partial charge in [0.25, 0.3) is 0 Å². The number of nitrogens with zero attached hydrogens (tertiary/aromatic N) is 2. The van der Waals surface area contributed by atoms with Crippen LogP contribution in [0.25, 0.3) is 44.8 Å². The molecule has 2 heteroatoms. The van der Waals surface area contributed by atoms with Crippen LogP contribution in [0, 0.1) is 0 Å². The summed E-state index contributed by atoms with van der Waals surface area (Å²) in [6, 6.07) is 77.9. The Kier molecular flexibility index (Phi) is 8.99. The Hall–Kier alpha value is -7.16. The van der Waals surface area contributed by atoms with Gasteiger partial charge in [-0.15, -0.1) is 0 Å². The molecule has 0 aliphatic rings. The molecule has 0 bridgehead atoms. The van der Waals surface area contributed by atoms with Crippen LogP contribution in [0.2, 0.25) is 0 Å². The summed E-state index contributed by atoms with van der Waals surface area (Å²) >= 11 is 0. The second-order valence-corrected chi connectivity index (χ2v) is 13.5. The highest BCUT2D eigenvalue weighted by atomic mass is 15.1. The third-order valence-corrected chi connectivity index (χ3v) is 10.0. The summed E-state index contributed by atoms with van der Waals surface area (Å²) in [6.07, 6.45) is 4.37. The Morgan fingerprint density at radius 2 is 0.722 bits per heavy atom. The molecule has 0 saturated carbocycles. The highest BCUT2D eigenvalue weighted by molar-refractivity contribution is 6.00. The first-order chi connectivity index (χ1) is 26.8. The van der Waals surface area contributed by atoms with Crippen molar-refractivity contribution in [2.75, 3.05) is 9.80 Å². The van der Waals surface area contributed by atoms with E-state index in [9.17, 15) is 0 Å². The normalized spacial score (nSPS) is 11.3. The Labute approximate surface area is 317 Å². The Morgan fingerprint density at radius 3 is 1.37 bits per heavy atom. The number of fused-ring (bicyclic) bond motifs is 2. The Balaban J connectivity index is 0.953. The molecule has 0 aliphatic heterocycles. The molecule has 0 atom stereocenters. The van der Waals surface area contributed by atoms with E-state index < -0.39 is 0 Å². The minimum Gasteiger partial charge on any atom is -0.311 e. The molecular weight excluding hydrogens is 653 g/mol. The van der Waals surface area contributed by atoms with Crippen LogP contribution in [0.15, 0.2) is 218 Å². The predicted octanol–water partition coefficient (Wildman–Crippen LogP) is 14.8. The van der Waals surface area contributed by atoms with E-state index in [2.05, 4.69) is 240 Å². The summed E-state index contributed by atoms with van der Waals surface area (Å²) in [5.41, 5.74) is 11.5. The average molecular weight is 691 g/mol. The zero-order valence-electron chi connectivity index (χ0n) is 29.8. The standard InChI is InChI=1S/C52H38N2/c1-3-16-46(17-4-1)53(47-18-5-2-6-19-47)48-35-30-43(31-36-48)42-28-24-39(25-29-42)22-23-40-26-33-49(34-27-40)54(50-37-32-41-12-7-8-14-45(41)38-50)52-21-11-15-44-13-9-10-20-51(44)52/h1-38H. The van der Waals surface area contributed by atoms with Crippen molar-refractivity contribution in [1.82, 2.24) is 0 Å². The minimum absolute atomic E-state index is 1.12. The van der Waals surface area contributed by atoms with Crippen molar-refractivity contribution in [3.8, 4) is 11.1 Å². The zero-order chi connectivity index (χ0) is 36.1. The van der Waals surface area contributed by atoms with Gasteiger partial charge in [0.05, 0.1) is 5.69 Å². The van der Waals surface area contributed by atoms with E-state index in [1.165, 1.54) is 32.7 Å². The summed E-state index contributed by atoms with van der Waals surface area (Å²) in [4.78, 5) is 4.66. The van der Waals surface area contributed by atoms with Gasteiger partial charge in [0, 0.05) is 33.8 Å². The fourth-order valence-corrected chi connectivity index (χ4v) is 7.26. The van der Waals surface area contributed by atoms with Crippen molar-refractivity contribution >= 4 is 67.8 Å². The minimum atomic E-state index is 1.12. The van der Waals surface area contributed by atoms with E-state index >= 15 is 0 Å². The third kappa shape index (κ3) is 6.77. The van der Waals surface area contributed by atoms with Gasteiger partial charge < -0.3 is 9.80 Å². The molecule has 0 N–H and O–H groups in total. The first-order valence-corrected chi connectivity index (χ1v) is 18.4. The predicted molar refractivity (Wildman–Crippen MR) is 232 cm³/mol. The van der Waals surface area contributed by atoms with Gasteiger partial charge in [0.2, 0.25) is 0 Å². The Morgan fingerprint density at radius 1 is 0.278 bits per heavy atom. The van der Waals surface area contributed by atoms with Crippen LogP contribution < -0.4 is 9.80 Å². The maximum atomic E-state index is 2.37. The van der Waals surface area contributed by atoms with Gasteiger partial charge in [-0.3, -0.25) is 0 Å². The van der Waals surface area contributed by atoms with Crippen molar-refractivity contribution in [1.29, 1.82) is 0 Å². The lowest BCUT2D eigenvalue weighted by atomic mass is 10.0. The molecule has 256 valence electrons. The van der Waals surface area contributed by atoms with E-state index in [4.69, 9.17) is 0 Å². The molecular formula is C52H38N2. The van der Waals surface area contributed by atoms with E-state index in [0.717, 1.165) is 45.3 Å². The van der Waals surface area contributed by atoms with Gasteiger partial charge in [0.15, 0.2) is 0 Å². The van der Waals surface area contributed by atoms with Crippen LogP contribution in [0.4, 0.5) is 34.1 Å². The molecule has 0 spiro atoms. The van der Waals surface area contributed by atoms with Crippen molar-refractivity contribution in [3.05, 3.63) is 230 Å². The topological polar surface area (TPSA) is 6.48 Å². The van der Waals surface area contributed by atoms with Crippen LogP contribution in [-0.4, -0.2) is 0 Å². The molecule has 0 heterocycles. The lowest BCUT2D eigenvalue weighted by Crippen LogP contribution is -2.10. The average Bonchev–Trinajstić information content (AvgIpc) is 3.25. The maximum absolute atomic E-state index is 2.37. The fourth-order valence-electron chi connectivity index (χ4n) is 7.26. The quantitative estimate of drug-likeness (QED) is 0.139. The van der Waals surface area contributed by atoms with Crippen molar-refractivity contribution in [2.45, 2.75) is 0 Å². The van der Waals surface area contributed by atoms with Gasteiger partial charge in [-0.25, -0.2) is 0 Å². The van der Waals surface area contributed by atoms with Crippen LogP contribution in [0.1, 0.15) is 11.1 Å². The molecule has 0 fully saturated rings. The lowest BCUT2D eigenvalue weighted by molar-refractivity contribution is 1.28. The van der Waals surface area contributed by atoms with E-state index in [1.807, 2.05) is 0 Å². The smallest absolute Gasteiger partial charge is 0.0540 e. The van der Waals surface area contributed by atoms with Crippen molar-refractivity contribution in [3.63, 3.8) is 0 Å². The zero-order valence-corrected chi connectivity index (χ0v) is 29.8. The van der Waals surface area contributed by atoms with Gasteiger partial charge >= 0.3 is 0 Å². The largest absolute Gasteiger partial charge is 0.311 e. The highest BCUT2D eigenvalue weighted by Crippen LogP contribution is 2.40. The monoisotopic (exact) mass is 690 g/mol. The lowest BCUT2D eigenvalue weighted by Gasteiger charge is -2.27. The van der Waals surface area contributed by atoms with Crippen LogP contribution >= 0.6 is 0 Å². The molecule has 0 aromatic heterocycles. The highest BCUT2D eigenvalue weighted by Gasteiger charge is 2.16. The van der Waals surface area contributed by atoms with Gasteiger partial charge in [-0.05, 0) is 105 Å². The summed E-state index contributed by atoms with van der Waals surface area (Å²) < 4.78 is 0. The molecule has 2 nitrogen and oxygen atoms in total. The second-order valence-electron chi connectivity index (χ2n) is 13.5. The number of hydrogen-bond donors (Lipinski definition) is 0. The summed E-state index contributed by atoms with van der Waals surface area (Å²) in [5.74, 6) is 0. The van der Waals surface area contributed by atoms with E-state index in [1.54, 1.807) is 0 Å². The fraction of sp³-hybridized carbons (Fsp3) is 0. The third-order valence-electron chi connectivity index (χ3n) is 10.0. The number of anilines is 6. The van der Waals surface area contributed by atoms with E-state index in [-0.39, 0.29) is 0 Å². The van der Waals surface area contributed by atoms with Crippen molar-refractivity contribution < 1.29 is 0 Å². The van der Waals surface area contributed by atoms with Gasteiger partial charge in [0.1, 0.15) is 0 Å². The summed E-state index contributed by atoms with van der Waals surface area (Å²) in [6.45, 7) is 0. The van der Waals surface area contributed by atoms with Gasteiger partial charge in [-0.2, -0.15) is 0 Å². The molecule has 9 rings (SSSR count). The number of hydrogen-bond acceptors (Lipinski definition) is 2. The SMILES string of the molecule is C(=Cc1ccc(N(c2ccc3ccccc3c2)c2cccc3ccccc23)cc1)c1ccc(-c2ccc(N(c3ccccc3)c3ccccc3)cc2)cc1. The number of para-hydroxylation sites is 2. The first-order valence-electron chi connectivity index (χ1n) is 18.4. The first kappa shape index (κ1) is 32.7. The molecule has 0 radical (unpaired) electrons. The van der Waals surface area contributed by atoms with E-state index in [0.29, 0.717) is 0 Å². The molecule has 9 aromatic carbocycles. The molecule has 0 unspecified atom stereocenters. The van der Waals surface area contributed by atoms with Crippen LogP contribution in [0.5, 0.6) is 0 Å². The molecule has 9 aromatic rings. The second kappa shape index (κ2) is 14.8. The summed E-state index contributed by atoms with van der Waals surface area (Å²) in [7, 11) is 0. The van der Waals surface area contributed by atoms with Crippen molar-refractivity contribution in [2.24, 2.45) is 0 Å². The number of rotatable bonds is 9.